The van der Waals surface area contributed by atoms with E-state index < -0.39 is 0 Å². The van der Waals surface area contributed by atoms with E-state index in [4.69, 9.17) is 5.73 Å². The van der Waals surface area contributed by atoms with Crippen molar-refractivity contribution in [3.8, 4) is 0 Å². The molecule has 1 aromatic heterocycles. The molecule has 0 aliphatic heterocycles. The van der Waals surface area contributed by atoms with Crippen LogP contribution in [0.25, 0.3) is 0 Å². The molecule has 5 nitrogen and oxygen atoms in total. The molecule has 0 saturated carbocycles. The maximum atomic E-state index is 12.4. The number of nitrogens with zero attached hydrogens (tertiary/aromatic N) is 2. The van der Waals surface area contributed by atoms with Gasteiger partial charge in [-0.2, -0.15) is 0 Å². The third kappa shape index (κ3) is 5.00. The van der Waals surface area contributed by atoms with E-state index in [1.54, 1.807) is 11.9 Å². The Hall–Kier alpha value is -1.30. The number of nitrogens with two attached hydrogens (primary N) is 1. The number of aromatic nitrogens is 1. The first-order valence-corrected chi connectivity index (χ1v) is 7.51. The second-order valence-electron chi connectivity index (χ2n) is 7.33. The largest absolute Gasteiger partial charge is 0.382 e. The van der Waals surface area contributed by atoms with Crippen LogP contribution in [0.15, 0.2) is 0 Å². The Bertz CT molecular complexity index is 482. The molecular weight excluding hydrogens is 272 g/mol. The lowest BCUT2D eigenvalue weighted by Gasteiger charge is -2.26. The molecule has 1 aromatic rings. The van der Waals surface area contributed by atoms with Crippen molar-refractivity contribution in [2.75, 3.05) is 24.6 Å². The van der Waals surface area contributed by atoms with Gasteiger partial charge < -0.3 is 16.0 Å². The summed E-state index contributed by atoms with van der Waals surface area (Å²) in [5, 5.41) is 3.92. The highest BCUT2D eigenvalue weighted by molar-refractivity contribution is 7.18. The summed E-state index contributed by atoms with van der Waals surface area (Å²) in [4.78, 5) is 18.8. The van der Waals surface area contributed by atoms with Crippen molar-refractivity contribution in [1.29, 1.82) is 0 Å². The summed E-state index contributed by atoms with van der Waals surface area (Å²) in [5.41, 5.74) is 5.82. The zero-order valence-corrected chi connectivity index (χ0v) is 14.3. The zero-order chi connectivity index (χ0) is 15.7. The lowest BCUT2D eigenvalue weighted by atomic mass is 9.96. The lowest BCUT2D eigenvalue weighted by Crippen LogP contribution is -2.34. The first-order chi connectivity index (χ1) is 8.89. The number of hydrogen-bond donors (Lipinski definition) is 2. The summed E-state index contributed by atoms with van der Waals surface area (Å²) in [6.45, 7) is 13.1. The Labute approximate surface area is 125 Å². The number of hydrogen-bond acceptors (Lipinski definition) is 5. The van der Waals surface area contributed by atoms with Crippen LogP contribution < -0.4 is 11.1 Å². The van der Waals surface area contributed by atoms with Crippen LogP contribution in [0.5, 0.6) is 0 Å². The molecular formula is C14H26N4OS. The standard InChI is InChI=1S/C14H26N4OS/c1-13(2,3)8-18(7)11(19)9-10(15)16-12(20-9)17-14(4,5)6/h8,15H2,1-7H3,(H,16,17). The number of thiazole rings is 1. The van der Waals surface area contributed by atoms with Gasteiger partial charge in [-0.1, -0.05) is 32.1 Å². The maximum absolute atomic E-state index is 12.4. The van der Waals surface area contributed by atoms with Gasteiger partial charge in [0.25, 0.3) is 5.91 Å². The highest BCUT2D eigenvalue weighted by Gasteiger charge is 2.24. The molecule has 0 bridgehead atoms. The minimum absolute atomic E-state index is 0.0519. The van der Waals surface area contributed by atoms with Crippen molar-refractivity contribution in [1.82, 2.24) is 9.88 Å². The molecule has 1 heterocycles. The highest BCUT2D eigenvalue weighted by atomic mass is 32.1. The Morgan fingerprint density at radius 2 is 1.85 bits per heavy atom. The van der Waals surface area contributed by atoms with Crippen molar-refractivity contribution in [2.45, 2.75) is 47.1 Å². The van der Waals surface area contributed by atoms with Crippen LogP contribution in [-0.2, 0) is 0 Å². The van der Waals surface area contributed by atoms with Gasteiger partial charge in [-0.3, -0.25) is 4.79 Å². The zero-order valence-electron chi connectivity index (χ0n) is 13.5. The average molecular weight is 298 g/mol. The SMILES string of the molecule is CN(CC(C)(C)C)C(=O)c1sc(NC(C)(C)C)nc1N. The number of nitrogens with one attached hydrogen (secondary N) is 1. The van der Waals surface area contributed by atoms with Gasteiger partial charge in [0, 0.05) is 19.1 Å². The van der Waals surface area contributed by atoms with Crippen LogP contribution in [-0.4, -0.2) is 34.9 Å². The summed E-state index contributed by atoms with van der Waals surface area (Å²) in [6.07, 6.45) is 0. The van der Waals surface area contributed by atoms with Gasteiger partial charge in [0.05, 0.1) is 0 Å². The number of carbonyl (C=O) groups is 1. The Morgan fingerprint density at radius 1 is 1.30 bits per heavy atom. The summed E-state index contributed by atoms with van der Waals surface area (Å²) in [7, 11) is 1.80. The number of amides is 1. The topological polar surface area (TPSA) is 71.2 Å². The van der Waals surface area contributed by atoms with Crippen LogP contribution in [0.1, 0.15) is 51.2 Å². The minimum atomic E-state index is -0.109. The number of rotatable bonds is 3. The molecule has 114 valence electrons. The summed E-state index contributed by atoms with van der Waals surface area (Å²) in [5.74, 6) is 0.226. The average Bonchev–Trinajstić information content (AvgIpc) is 2.52. The lowest BCUT2D eigenvalue weighted by molar-refractivity contribution is 0.0751. The molecule has 0 spiro atoms. The van der Waals surface area contributed by atoms with Gasteiger partial charge in [-0.15, -0.1) is 0 Å². The van der Waals surface area contributed by atoms with Crippen LogP contribution in [0.4, 0.5) is 10.9 Å². The van der Waals surface area contributed by atoms with E-state index >= 15 is 0 Å². The molecule has 1 amide bonds. The summed E-state index contributed by atoms with van der Waals surface area (Å²) >= 11 is 1.31. The predicted molar refractivity (Wildman–Crippen MR) is 86.3 cm³/mol. The maximum Gasteiger partial charge on any atom is 0.267 e. The third-order valence-electron chi connectivity index (χ3n) is 2.39. The molecule has 0 aliphatic rings. The first kappa shape index (κ1) is 16.8. The van der Waals surface area contributed by atoms with Crippen LogP contribution in [0.2, 0.25) is 0 Å². The fraction of sp³-hybridized carbons (Fsp3) is 0.714. The molecule has 0 aliphatic carbocycles. The molecule has 0 atom stereocenters. The van der Waals surface area contributed by atoms with Gasteiger partial charge in [0.1, 0.15) is 10.7 Å². The third-order valence-corrected chi connectivity index (χ3v) is 3.36. The van der Waals surface area contributed by atoms with Crippen molar-refractivity contribution in [2.24, 2.45) is 5.41 Å². The molecule has 0 saturated heterocycles. The second-order valence-corrected chi connectivity index (χ2v) is 8.33. The van der Waals surface area contributed by atoms with Crippen LogP contribution >= 0.6 is 11.3 Å². The Balaban J connectivity index is 2.89. The van der Waals surface area contributed by atoms with Crippen LogP contribution in [0, 0.1) is 5.41 Å². The number of nitrogen functional groups attached to an aromatic ring is 1. The molecule has 0 fully saturated rings. The fourth-order valence-electron chi connectivity index (χ4n) is 1.82. The van der Waals surface area contributed by atoms with Crippen molar-refractivity contribution >= 4 is 28.2 Å². The van der Waals surface area contributed by atoms with Gasteiger partial charge >= 0.3 is 0 Å². The fourth-order valence-corrected chi connectivity index (χ4v) is 2.90. The number of carbonyl (C=O) groups excluding carboxylic acids is 1. The van der Waals surface area contributed by atoms with Gasteiger partial charge in [-0.25, -0.2) is 4.98 Å². The van der Waals surface area contributed by atoms with Gasteiger partial charge in [-0.05, 0) is 26.2 Å². The monoisotopic (exact) mass is 298 g/mol. The highest BCUT2D eigenvalue weighted by Crippen LogP contribution is 2.28. The normalized spacial score (nSPS) is 12.3. The van der Waals surface area contributed by atoms with Crippen molar-refractivity contribution < 1.29 is 4.79 Å². The van der Waals surface area contributed by atoms with Crippen molar-refractivity contribution in [3.05, 3.63) is 4.88 Å². The Kier molecular flexibility index (Phi) is 4.69. The Morgan fingerprint density at radius 3 is 2.30 bits per heavy atom. The van der Waals surface area contributed by atoms with E-state index in [-0.39, 0.29) is 16.9 Å². The van der Waals surface area contributed by atoms with E-state index in [1.807, 2.05) is 20.8 Å². The molecule has 6 heteroatoms. The molecule has 0 unspecified atom stereocenters. The second kappa shape index (κ2) is 5.60. The predicted octanol–water partition coefficient (Wildman–Crippen LogP) is 3.05. The summed E-state index contributed by atoms with van der Waals surface area (Å²) in [6, 6.07) is 0. The van der Waals surface area contributed by atoms with E-state index in [9.17, 15) is 4.79 Å². The quantitative estimate of drug-likeness (QED) is 0.899. The van der Waals surface area contributed by atoms with Gasteiger partial charge in [0.15, 0.2) is 5.13 Å². The van der Waals surface area contributed by atoms with E-state index in [1.165, 1.54) is 11.3 Å². The van der Waals surface area contributed by atoms with E-state index in [0.717, 1.165) is 0 Å². The van der Waals surface area contributed by atoms with E-state index in [0.29, 0.717) is 22.4 Å². The molecule has 3 N–H and O–H groups in total. The molecule has 1 rings (SSSR count). The number of anilines is 2. The minimum Gasteiger partial charge on any atom is -0.382 e. The summed E-state index contributed by atoms with van der Waals surface area (Å²) < 4.78 is 0. The van der Waals surface area contributed by atoms with E-state index in [2.05, 4.69) is 31.1 Å². The van der Waals surface area contributed by atoms with Crippen LogP contribution in [0.3, 0.4) is 0 Å². The molecule has 0 aromatic carbocycles. The van der Waals surface area contributed by atoms with Gasteiger partial charge in [0.2, 0.25) is 0 Å². The smallest absolute Gasteiger partial charge is 0.267 e. The molecule has 0 radical (unpaired) electrons. The molecule has 20 heavy (non-hydrogen) atoms. The van der Waals surface area contributed by atoms with Crippen molar-refractivity contribution in [3.63, 3.8) is 0 Å². The first-order valence-electron chi connectivity index (χ1n) is 6.69.